The monoisotopic (exact) mass is 394 g/mol. The molecule has 1 aliphatic carbocycles. The first-order valence-corrected chi connectivity index (χ1v) is 10.1. The highest BCUT2D eigenvalue weighted by atomic mass is 19.1. The van der Waals surface area contributed by atoms with Crippen LogP contribution < -0.4 is 10.1 Å². The largest absolute Gasteiger partial charge is 0.497 e. The number of carbonyl (C=O) groups is 1. The van der Waals surface area contributed by atoms with Crippen LogP contribution in [0.2, 0.25) is 0 Å². The van der Waals surface area contributed by atoms with Crippen molar-refractivity contribution in [2.75, 3.05) is 26.7 Å². The number of amides is 1. The lowest BCUT2D eigenvalue weighted by Gasteiger charge is -2.38. The maximum absolute atomic E-state index is 14.1. The number of carbonyl (C=O) groups excluding carboxylic acids is 1. The molecule has 0 radical (unpaired) electrons. The third-order valence-corrected chi connectivity index (χ3v) is 6.04. The van der Waals surface area contributed by atoms with Crippen molar-refractivity contribution in [3.05, 3.63) is 29.6 Å². The minimum absolute atomic E-state index is 0.101. The zero-order valence-electron chi connectivity index (χ0n) is 16.5. The number of ether oxygens (including phenoxy) is 1. The highest BCUT2D eigenvalue weighted by molar-refractivity contribution is 5.86. The van der Waals surface area contributed by atoms with Gasteiger partial charge in [-0.3, -0.25) is 4.79 Å². The topological polar surface area (TPSA) is 82.0 Å². The molecule has 2 aliphatic rings. The molecule has 0 aromatic heterocycles. The molecule has 1 atom stereocenters. The van der Waals surface area contributed by atoms with Crippen LogP contribution in [0.3, 0.4) is 0 Å². The molecule has 28 heavy (non-hydrogen) atoms. The van der Waals surface area contributed by atoms with Gasteiger partial charge in [-0.15, -0.1) is 0 Å². The highest BCUT2D eigenvalue weighted by Gasteiger charge is 2.42. The average molecular weight is 394 g/mol. The summed E-state index contributed by atoms with van der Waals surface area (Å²) in [5.41, 5.74) is -1.73. The Bertz CT molecular complexity index is 693. The van der Waals surface area contributed by atoms with E-state index in [1.54, 1.807) is 6.07 Å². The van der Waals surface area contributed by atoms with Crippen molar-refractivity contribution in [2.24, 2.45) is 0 Å². The van der Waals surface area contributed by atoms with Crippen molar-refractivity contribution in [1.82, 2.24) is 10.2 Å². The third-order valence-electron chi connectivity index (χ3n) is 6.04. The molecule has 0 bridgehead atoms. The molecule has 0 unspecified atom stereocenters. The molecule has 0 spiro atoms. The van der Waals surface area contributed by atoms with Crippen LogP contribution >= 0.6 is 0 Å². The number of likely N-dealkylation sites (tertiary alicyclic amines) is 1. The van der Waals surface area contributed by atoms with E-state index in [-0.39, 0.29) is 19.0 Å². The molecule has 7 heteroatoms. The van der Waals surface area contributed by atoms with E-state index in [1.807, 2.05) is 0 Å². The summed E-state index contributed by atoms with van der Waals surface area (Å²) < 4.78 is 19.3. The van der Waals surface area contributed by atoms with E-state index in [0.717, 1.165) is 25.7 Å². The summed E-state index contributed by atoms with van der Waals surface area (Å²) in [7, 11) is 1.51. The Hall–Kier alpha value is -1.70. The summed E-state index contributed by atoms with van der Waals surface area (Å²) in [6, 6.07) is 4.44. The number of methoxy groups -OCH3 is 1. The van der Waals surface area contributed by atoms with Crippen molar-refractivity contribution in [2.45, 2.75) is 62.7 Å². The van der Waals surface area contributed by atoms with Gasteiger partial charge >= 0.3 is 0 Å². The Kier molecular flexibility index (Phi) is 6.58. The Balaban J connectivity index is 1.56. The summed E-state index contributed by atoms with van der Waals surface area (Å²) in [4.78, 5) is 14.4. The normalized spacial score (nSPS) is 24.6. The van der Waals surface area contributed by atoms with Gasteiger partial charge in [0.1, 0.15) is 11.6 Å². The molecule has 3 rings (SSSR count). The van der Waals surface area contributed by atoms with Gasteiger partial charge in [0.2, 0.25) is 0 Å². The van der Waals surface area contributed by atoms with Crippen LogP contribution in [0.15, 0.2) is 18.2 Å². The van der Waals surface area contributed by atoms with Crippen molar-refractivity contribution >= 4 is 5.91 Å². The number of piperidine rings is 1. The number of halogens is 1. The Morgan fingerprint density at radius 2 is 1.96 bits per heavy atom. The lowest BCUT2D eigenvalue weighted by Crippen LogP contribution is -2.58. The van der Waals surface area contributed by atoms with Gasteiger partial charge in [0.05, 0.1) is 12.7 Å². The molecular formula is C21H31FN2O4. The summed E-state index contributed by atoms with van der Waals surface area (Å²) in [6.07, 6.45) is 5.38. The predicted octanol–water partition coefficient (Wildman–Crippen LogP) is 1.97. The van der Waals surface area contributed by atoms with Gasteiger partial charge in [-0.1, -0.05) is 12.8 Å². The molecule has 1 heterocycles. The second-order valence-corrected chi connectivity index (χ2v) is 8.18. The van der Waals surface area contributed by atoms with Crippen molar-refractivity contribution in [1.29, 1.82) is 0 Å². The molecule has 156 valence electrons. The van der Waals surface area contributed by atoms with E-state index in [4.69, 9.17) is 4.74 Å². The average Bonchev–Trinajstić information content (AvgIpc) is 3.11. The van der Waals surface area contributed by atoms with Gasteiger partial charge in [0.25, 0.3) is 5.91 Å². The van der Waals surface area contributed by atoms with Crippen LogP contribution in [0.5, 0.6) is 5.75 Å². The predicted molar refractivity (Wildman–Crippen MR) is 103 cm³/mol. The fourth-order valence-electron chi connectivity index (χ4n) is 4.28. The SMILES string of the molecule is COc1ccc(F)c(CN2CCC[C@](O)(CNCCC3(O)CCCC3)C2=O)c1. The zero-order chi connectivity index (χ0) is 20.2. The number of benzene rings is 1. The lowest BCUT2D eigenvalue weighted by molar-refractivity contribution is -0.157. The van der Waals surface area contributed by atoms with Gasteiger partial charge < -0.3 is 25.2 Å². The van der Waals surface area contributed by atoms with Crippen molar-refractivity contribution in [3.63, 3.8) is 0 Å². The standard InChI is InChI=1S/C21H31FN2O4/c1-28-17-5-6-18(22)16(13-17)14-24-12-4-9-21(27,19(24)25)15-23-11-10-20(26)7-2-3-8-20/h5-6,13,23,26-27H,2-4,7-12,14-15H2,1H3/t21-/m0/s1. The number of hydrogen-bond acceptors (Lipinski definition) is 5. The molecule has 2 fully saturated rings. The maximum atomic E-state index is 14.1. The van der Waals surface area contributed by atoms with Crippen LogP contribution in [-0.4, -0.2) is 59.0 Å². The Labute approximate surface area is 165 Å². The van der Waals surface area contributed by atoms with Crippen LogP contribution in [0, 0.1) is 5.82 Å². The first-order valence-electron chi connectivity index (χ1n) is 10.1. The van der Waals surface area contributed by atoms with E-state index in [2.05, 4.69) is 5.32 Å². The molecule has 3 N–H and O–H groups in total. The minimum atomic E-state index is -1.49. The highest BCUT2D eigenvalue weighted by Crippen LogP contribution is 2.32. The van der Waals surface area contributed by atoms with Gasteiger partial charge in [0, 0.05) is 25.2 Å². The number of nitrogens with zero attached hydrogens (tertiary/aromatic N) is 1. The summed E-state index contributed by atoms with van der Waals surface area (Å²) in [6.45, 7) is 1.27. The van der Waals surface area contributed by atoms with E-state index >= 15 is 0 Å². The second kappa shape index (κ2) is 8.76. The molecule has 1 amide bonds. The first kappa shape index (κ1) is 21.0. The van der Waals surface area contributed by atoms with E-state index < -0.39 is 17.0 Å². The third kappa shape index (κ3) is 4.82. The molecule has 1 aliphatic heterocycles. The molecule has 1 aromatic rings. The van der Waals surface area contributed by atoms with Gasteiger partial charge in [-0.25, -0.2) is 4.39 Å². The summed E-state index contributed by atoms with van der Waals surface area (Å²) in [5, 5.41) is 24.4. The fourth-order valence-corrected chi connectivity index (χ4v) is 4.28. The molecule has 6 nitrogen and oxygen atoms in total. The second-order valence-electron chi connectivity index (χ2n) is 8.18. The molecule has 1 saturated heterocycles. The van der Waals surface area contributed by atoms with Crippen molar-refractivity contribution < 1.29 is 24.1 Å². The summed E-state index contributed by atoms with van der Waals surface area (Å²) >= 11 is 0. The first-order chi connectivity index (χ1) is 13.4. The maximum Gasteiger partial charge on any atom is 0.256 e. The van der Waals surface area contributed by atoms with Crippen molar-refractivity contribution in [3.8, 4) is 5.75 Å². The molecule has 1 aromatic carbocycles. The van der Waals surface area contributed by atoms with Crippen LogP contribution in [-0.2, 0) is 11.3 Å². The molecular weight excluding hydrogens is 363 g/mol. The Morgan fingerprint density at radius 3 is 2.68 bits per heavy atom. The number of hydrogen-bond donors (Lipinski definition) is 3. The van der Waals surface area contributed by atoms with Gasteiger partial charge in [-0.2, -0.15) is 0 Å². The smallest absolute Gasteiger partial charge is 0.256 e. The number of aliphatic hydroxyl groups is 2. The quantitative estimate of drug-likeness (QED) is 0.588. The van der Waals surface area contributed by atoms with Gasteiger partial charge in [-0.05, 0) is 56.8 Å². The van der Waals surface area contributed by atoms with E-state index in [9.17, 15) is 19.4 Å². The fraction of sp³-hybridized carbons (Fsp3) is 0.667. The van der Waals surface area contributed by atoms with E-state index in [0.29, 0.717) is 43.7 Å². The number of rotatable bonds is 8. The number of nitrogens with one attached hydrogen (secondary N) is 1. The van der Waals surface area contributed by atoms with E-state index in [1.165, 1.54) is 24.1 Å². The van der Waals surface area contributed by atoms with Crippen LogP contribution in [0.1, 0.15) is 50.5 Å². The lowest BCUT2D eigenvalue weighted by atomic mass is 9.91. The zero-order valence-corrected chi connectivity index (χ0v) is 16.5. The van der Waals surface area contributed by atoms with Crippen LogP contribution in [0.25, 0.3) is 0 Å². The Morgan fingerprint density at radius 1 is 1.21 bits per heavy atom. The summed E-state index contributed by atoms with van der Waals surface area (Å²) in [5.74, 6) is -0.249. The van der Waals surface area contributed by atoms with Gasteiger partial charge in [0.15, 0.2) is 5.60 Å². The molecule has 1 saturated carbocycles. The minimum Gasteiger partial charge on any atom is -0.497 e. The van der Waals surface area contributed by atoms with Crippen LogP contribution in [0.4, 0.5) is 4.39 Å².